The summed E-state index contributed by atoms with van der Waals surface area (Å²) in [5, 5.41) is 0. The maximum atomic E-state index is 11.1. The Labute approximate surface area is 79.2 Å². The van der Waals surface area contributed by atoms with E-state index in [1.165, 1.54) is 0 Å². The monoisotopic (exact) mass is 181 g/mol. The second-order valence-electron chi connectivity index (χ2n) is 2.91. The van der Waals surface area contributed by atoms with Crippen LogP contribution in [0.2, 0.25) is 0 Å². The number of rotatable bonds is 4. The van der Waals surface area contributed by atoms with E-state index >= 15 is 0 Å². The molecule has 3 nitrogen and oxygen atoms in total. The van der Waals surface area contributed by atoms with Crippen LogP contribution < -0.4 is 0 Å². The zero-order valence-corrected chi connectivity index (χ0v) is 8.33. The molecule has 0 radical (unpaired) electrons. The van der Waals surface area contributed by atoms with Gasteiger partial charge in [-0.05, 0) is 20.8 Å². The van der Waals surface area contributed by atoms with Crippen molar-refractivity contribution in [1.82, 2.24) is 0 Å². The van der Waals surface area contributed by atoms with Crippen molar-refractivity contribution in [3.63, 3.8) is 0 Å². The Hall–Kier alpha value is -1.30. The van der Waals surface area contributed by atoms with Crippen molar-refractivity contribution in [2.75, 3.05) is 6.61 Å². The SMILES string of the molecule is [C-]#[N+]C(CC=C(C)C)C(=O)OCC. The second-order valence-corrected chi connectivity index (χ2v) is 2.91. The highest BCUT2D eigenvalue weighted by Gasteiger charge is 2.22. The summed E-state index contributed by atoms with van der Waals surface area (Å²) in [6.07, 6.45) is 2.32. The minimum absolute atomic E-state index is 0.333. The van der Waals surface area contributed by atoms with Crippen molar-refractivity contribution in [1.29, 1.82) is 0 Å². The molecular formula is C10H15NO2. The van der Waals surface area contributed by atoms with Gasteiger partial charge in [0.1, 0.15) is 0 Å². The summed E-state index contributed by atoms with van der Waals surface area (Å²) in [6, 6.07) is -0.671. The molecule has 0 aliphatic heterocycles. The average molecular weight is 181 g/mol. The number of ether oxygens (including phenoxy) is 1. The quantitative estimate of drug-likeness (QED) is 0.378. The van der Waals surface area contributed by atoms with E-state index < -0.39 is 12.0 Å². The summed E-state index contributed by atoms with van der Waals surface area (Å²) in [4.78, 5) is 14.3. The van der Waals surface area contributed by atoms with Gasteiger partial charge in [-0.1, -0.05) is 11.6 Å². The zero-order valence-electron chi connectivity index (χ0n) is 8.33. The van der Waals surface area contributed by atoms with Crippen molar-refractivity contribution >= 4 is 5.97 Å². The van der Waals surface area contributed by atoms with Gasteiger partial charge in [0, 0.05) is 0 Å². The van der Waals surface area contributed by atoms with Crippen molar-refractivity contribution in [3.05, 3.63) is 23.1 Å². The maximum absolute atomic E-state index is 11.1. The first-order valence-corrected chi connectivity index (χ1v) is 4.28. The lowest BCUT2D eigenvalue weighted by atomic mass is 10.2. The zero-order chi connectivity index (χ0) is 10.3. The van der Waals surface area contributed by atoms with Crippen LogP contribution in [0.5, 0.6) is 0 Å². The largest absolute Gasteiger partial charge is 0.460 e. The van der Waals surface area contributed by atoms with Gasteiger partial charge in [-0.15, -0.1) is 0 Å². The molecule has 0 fully saturated rings. The highest BCUT2D eigenvalue weighted by Crippen LogP contribution is 2.04. The lowest BCUT2D eigenvalue weighted by Crippen LogP contribution is -2.19. The second kappa shape index (κ2) is 6.24. The van der Waals surface area contributed by atoms with Gasteiger partial charge in [-0.3, -0.25) is 0 Å². The molecular weight excluding hydrogens is 166 g/mol. The van der Waals surface area contributed by atoms with Gasteiger partial charge in [-0.2, -0.15) is 0 Å². The van der Waals surface area contributed by atoms with E-state index in [-0.39, 0.29) is 0 Å². The summed E-state index contributed by atoms with van der Waals surface area (Å²) in [5.41, 5.74) is 1.11. The van der Waals surface area contributed by atoms with Crippen molar-refractivity contribution in [2.24, 2.45) is 0 Å². The molecule has 0 amide bonds. The molecule has 0 aromatic carbocycles. The molecule has 0 aromatic heterocycles. The van der Waals surface area contributed by atoms with Crippen LogP contribution in [0, 0.1) is 6.57 Å². The molecule has 72 valence electrons. The van der Waals surface area contributed by atoms with Crippen LogP contribution in [-0.2, 0) is 9.53 Å². The molecule has 3 heteroatoms. The molecule has 0 saturated carbocycles. The van der Waals surface area contributed by atoms with Gasteiger partial charge in [0.05, 0.1) is 13.0 Å². The number of allylic oxidation sites excluding steroid dienone is 1. The third kappa shape index (κ3) is 5.02. The molecule has 0 aliphatic carbocycles. The number of nitrogens with zero attached hydrogens (tertiary/aromatic N) is 1. The fourth-order valence-corrected chi connectivity index (χ4v) is 0.787. The minimum atomic E-state index is -0.671. The predicted octanol–water partition coefficient (Wildman–Crippen LogP) is 2.19. The number of hydrogen-bond acceptors (Lipinski definition) is 2. The molecule has 0 bridgehead atoms. The molecule has 1 atom stereocenters. The van der Waals surface area contributed by atoms with Gasteiger partial charge < -0.3 is 9.58 Å². The van der Waals surface area contributed by atoms with E-state index in [2.05, 4.69) is 4.85 Å². The first-order valence-electron chi connectivity index (χ1n) is 4.28. The first-order chi connectivity index (χ1) is 6.11. The van der Waals surface area contributed by atoms with Gasteiger partial charge in [0.2, 0.25) is 0 Å². The molecule has 0 rings (SSSR count). The van der Waals surface area contributed by atoms with Crippen LogP contribution in [0.1, 0.15) is 27.2 Å². The lowest BCUT2D eigenvalue weighted by Gasteiger charge is -2.02. The molecule has 0 heterocycles. The lowest BCUT2D eigenvalue weighted by molar-refractivity contribution is -0.143. The van der Waals surface area contributed by atoms with Gasteiger partial charge in [0.25, 0.3) is 0 Å². The minimum Gasteiger partial charge on any atom is -0.460 e. The summed E-state index contributed by atoms with van der Waals surface area (Å²) in [5.74, 6) is -0.421. The molecule has 0 N–H and O–H groups in total. The molecule has 0 aromatic rings. The fraction of sp³-hybridized carbons (Fsp3) is 0.600. The molecule has 0 saturated heterocycles. The average Bonchev–Trinajstić information content (AvgIpc) is 2.05. The van der Waals surface area contributed by atoms with Crippen LogP contribution in [-0.4, -0.2) is 18.6 Å². The number of carbonyl (C=O) groups excluding carboxylic acids is 1. The summed E-state index contributed by atoms with van der Waals surface area (Å²) >= 11 is 0. The van der Waals surface area contributed by atoms with Gasteiger partial charge >= 0.3 is 12.0 Å². The predicted molar refractivity (Wildman–Crippen MR) is 51.1 cm³/mol. The van der Waals surface area contributed by atoms with Gasteiger partial charge in [0.15, 0.2) is 0 Å². The molecule has 0 spiro atoms. The van der Waals surface area contributed by atoms with E-state index in [1.54, 1.807) is 6.92 Å². The number of hydrogen-bond donors (Lipinski definition) is 0. The summed E-state index contributed by atoms with van der Waals surface area (Å²) in [6.45, 7) is 12.8. The summed E-state index contributed by atoms with van der Waals surface area (Å²) in [7, 11) is 0. The molecule has 13 heavy (non-hydrogen) atoms. The normalized spacial score (nSPS) is 11.2. The third-order valence-corrected chi connectivity index (χ3v) is 1.46. The van der Waals surface area contributed by atoms with Crippen LogP contribution in [0.3, 0.4) is 0 Å². The van der Waals surface area contributed by atoms with Crippen molar-refractivity contribution in [2.45, 2.75) is 33.2 Å². The third-order valence-electron chi connectivity index (χ3n) is 1.46. The number of esters is 1. The Balaban J connectivity index is 4.13. The molecule has 0 aliphatic rings. The smallest absolute Gasteiger partial charge is 0.390 e. The Morgan fingerprint density at radius 1 is 1.62 bits per heavy atom. The van der Waals surface area contributed by atoms with E-state index in [9.17, 15) is 4.79 Å². The van der Waals surface area contributed by atoms with E-state index in [0.717, 1.165) is 5.57 Å². The highest BCUT2D eigenvalue weighted by atomic mass is 16.5. The standard InChI is InChI=1S/C10H15NO2/c1-5-13-10(12)9(11-4)7-6-8(2)3/h6,9H,5,7H2,1-3H3. The fourth-order valence-electron chi connectivity index (χ4n) is 0.787. The van der Waals surface area contributed by atoms with Crippen LogP contribution in [0.15, 0.2) is 11.6 Å². The van der Waals surface area contributed by atoms with E-state index in [1.807, 2.05) is 19.9 Å². The summed E-state index contributed by atoms with van der Waals surface area (Å²) < 4.78 is 4.75. The number of carbonyl (C=O) groups is 1. The highest BCUT2D eigenvalue weighted by molar-refractivity contribution is 5.77. The first kappa shape index (κ1) is 11.7. The van der Waals surface area contributed by atoms with Gasteiger partial charge in [-0.25, -0.2) is 11.4 Å². The van der Waals surface area contributed by atoms with Crippen molar-refractivity contribution in [3.8, 4) is 0 Å². The molecule has 1 unspecified atom stereocenters. The van der Waals surface area contributed by atoms with E-state index in [0.29, 0.717) is 13.0 Å². The topological polar surface area (TPSA) is 30.7 Å². The maximum Gasteiger partial charge on any atom is 0.390 e. The van der Waals surface area contributed by atoms with E-state index in [4.69, 9.17) is 11.3 Å². The Morgan fingerprint density at radius 3 is 2.62 bits per heavy atom. The van der Waals surface area contributed by atoms with Crippen molar-refractivity contribution < 1.29 is 9.53 Å². The Morgan fingerprint density at radius 2 is 2.23 bits per heavy atom. The Kier molecular flexibility index (Phi) is 5.62. The Bertz CT molecular complexity index is 234. The van der Waals surface area contributed by atoms with Crippen LogP contribution in [0.4, 0.5) is 0 Å². The van der Waals surface area contributed by atoms with Crippen LogP contribution in [0.25, 0.3) is 4.85 Å². The van der Waals surface area contributed by atoms with Crippen LogP contribution >= 0.6 is 0 Å².